The van der Waals surface area contributed by atoms with Gasteiger partial charge in [0, 0.05) is 48.9 Å². The number of aromatic nitrogens is 2. The summed E-state index contributed by atoms with van der Waals surface area (Å²) in [6, 6.07) is 6.35. The normalized spacial score (nSPS) is 17.2. The van der Waals surface area contributed by atoms with Crippen LogP contribution < -0.4 is 10.2 Å². The molecule has 0 spiro atoms. The first-order chi connectivity index (χ1) is 15.4. The Kier molecular flexibility index (Phi) is 5.63. The maximum atomic E-state index is 13.2. The standard InChI is InChI=1S/C25H31N5OS/c1-5-29-10-12-30(13-11-29)19-8-9-20(15(2)14-19)27-24(31)22-16(3)21-17(4)26-23(18-6-7-18)28-25(21)32-22/h8-9,14,18H,5-7,10-13H2,1-4H3,(H,27,31). The van der Waals surface area contributed by atoms with E-state index in [1.54, 1.807) is 0 Å². The number of thiophene rings is 1. The van der Waals surface area contributed by atoms with E-state index in [9.17, 15) is 4.79 Å². The quantitative estimate of drug-likeness (QED) is 0.601. The Hall–Kier alpha value is -2.51. The molecule has 1 aromatic carbocycles. The molecule has 1 saturated heterocycles. The predicted octanol–water partition coefficient (Wildman–Crippen LogP) is 4.89. The van der Waals surface area contributed by atoms with Crippen LogP contribution >= 0.6 is 11.3 Å². The SMILES string of the molecule is CCN1CCN(c2ccc(NC(=O)c3sc4nc(C5CC5)nc(C)c4c3C)c(C)c2)CC1. The first-order valence-electron chi connectivity index (χ1n) is 11.6. The first kappa shape index (κ1) is 21.3. The molecule has 168 valence electrons. The minimum absolute atomic E-state index is 0.0646. The second kappa shape index (κ2) is 8.45. The van der Waals surface area contributed by atoms with Crippen LogP contribution in [-0.2, 0) is 0 Å². The van der Waals surface area contributed by atoms with Crippen molar-refractivity contribution in [2.24, 2.45) is 0 Å². The van der Waals surface area contributed by atoms with Crippen molar-refractivity contribution < 1.29 is 4.79 Å². The van der Waals surface area contributed by atoms with Gasteiger partial charge in [0.2, 0.25) is 0 Å². The third-order valence-corrected chi connectivity index (χ3v) is 7.96. The topological polar surface area (TPSA) is 61.4 Å². The maximum absolute atomic E-state index is 13.2. The van der Waals surface area contributed by atoms with Crippen LogP contribution in [0.25, 0.3) is 10.2 Å². The largest absolute Gasteiger partial charge is 0.369 e. The van der Waals surface area contributed by atoms with Crippen LogP contribution in [0, 0.1) is 20.8 Å². The van der Waals surface area contributed by atoms with Gasteiger partial charge >= 0.3 is 0 Å². The smallest absolute Gasteiger partial charge is 0.266 e. The van der Waals surface area contributed by atoms with Crippen molar-refractivity contribution in [2.75, 3.05) is 42.9 Å². The number of benzene rings is 1. The molecule has 2 aromatic heterocycles. The fraction of sp³-hybridized carbons (Fsp3) is 0.480. The van der Waals surface area contributed by atoms with Crippen LogP contribution in [-0.4, -0.2) is 53.5 Å². The summed E-state index contributed by atoms with van der Waals surface area (Å²) in [7, 11) is 0. The van der Waals surface area contributed by atoms with Crippen LogP contribution in [0.5, 0.6) is 0 Å². The molecule has 0 radical (unpaired) electrons. The monoisotopic (exact) mass is 449 g/mol. The minimum atomic E-state index is -0.0646. The number of fused-ring (bicyclic) bond motifs is 1. The summed E-state index contributed by atoms with van der Waals surface area (Å²) >= 11 is 1.48. The molecule has 1 amide bonds. The molecule has 0 unspecified atom stereocenters. The second-order valence-electron chi connectivity index (χ2n) is 9.05. The summed E-state index contributed by atoms with van der Waals surface area (Å²) in [6.45, 7) is 13.7. The van der Waals surface area contributed by atoms with Gasteiger partial charge in [-0.15, -0.1) is 11.3 Å². The Bertz CT molecular complexity index is 1170. The average molecular weight is 450 g/mol. The zero-order chi connectivity index (χ0) is 22.4. The van der Waals surface area contributed by atoms with E-state index in [1.165, 1.54) is 29.9 Å². The van der Waals surface area contributed by atoms with Crippen LogP contribution in [0.2, 0.25) is 0 Å². The highest BCUT2D eigenvalue weighted by Gasteiger charge is 2.28. The lowest BCUT2D eigenvalue weighted by atomic mass is 10.1. The number of rotatable bonds is 5. The van der Waals surface area contributed by atoms with Crippen molar-refractivity contribution in [3.8, 4) is 0 Å². The second-order valence-corrected chi connectivity index (χ2v) is 10.1. The Labute approximate surface area is 193 Å². The van der Waals surface area contributed by atoms with Crippen LogP contribution in [0.15, 0.2) is 18.2 Å². The molecule has 0 bridgehead atoms. The van der Waals surface area contributed by atoms with E-state index in [2.05, 4.69) is 41.1 Å². The van der Waals surface area contributed by atoms with Gasteiger partial charge in [0.25, 0.3) is 5.91 Å². The van der Waals surface area contributed by atoms with Gasteiger partial charge in [0.05, 0.1) is 10.6 Å². The number of hydrogen-bond donors (Lipinski definition) is 1. The molecule has 0 atom stereocenters. The Morgan fingerprint density at radius 3 is 2.53 bits per heavy atom. The molecule has 1 N–H and O–H groups in total. The summed E-state index contributed by atoms with van der Waals surface area (Å²) in [5, 5.41) is 4.17. The van der Waals surface area contributed by atoms with Crippen molar-refractivity contribution in [3.63, 3.8) is 0 Å². The lowest BCUT2D eigenvalue weighted by Crippen LogP contribution is -2.46. The summed E-state index contributed by atoms with van der Waals surface area (Å²) in [5.41, 5.74) is 5.13. The molecule has 5 rings (SSSR count). The maximum Gasteiger partial charge on any atom is 0.266 e. The van der Waals surface area contributed by atoms with Crippen LogP contribution in [0.1, 0.15) is 58.0 Å². The molecule has 3 heterocycles. The molecule has 2 aliphatic rings. The van der Waals surface area contributed by atoms with E-state index in [1.807, 2.05) is 19.9 Å². The lowest BCUT2D eigenvalue weighted by molar-refractivity contribution is 0.103. The van der Waals surface area contributed by atoms with E-state index in [4.69, 9.17) is 9.97 Å². The summed E-state index contributed by atoms with van der Waals surface area (Å²) in [4.78, 5) is 29.3. The van der Waals surface area contributed by atoms with E-state index >= 15 is 0 Å². The molecule has 1 aliphatic heterocycles. The van der Waals surface area contributed by atoms with Gasteiger partial charge in [0.1, 0.15) is 10.7 Å². The van der Waals surface area contributed by atoms with Crippen molar-refractivity contribution >= 4 is 38.8 Å². The van der Waals surface area contributed by atoms with Gasteiger partial charge in [-0.25, -0.2) is 9.97 Å². The molecular formula is C25H31N5OS. The number of amides is 1. The third kappa shape index (κ3) is 3.99. The molecule has 32 heavy (non-hydrogen) atoms. The number of carbonyl (C=O) groups is 1. The van der Waals surface area contributed by atoms with Crippen molar-refractivity contribution in [1.29, 1.82) is 0 Å². The average Bonchev–Trinajstić information content (AvgIpc) is 3.58. The number of anilines is 2. The number of nitrogens with zero attached hydrogens (tertiary/aromatic N) is 4. The highest BCUT2D eigenvalue weighted by Crippen LogP contribution is 2.40. The van der Waals surface area contributed by atoms with E-state index in [0.717, 1.165) is 76.2 Å². The molecule has 2 fully saturated rings. The number of piperazine rings is 1. The van der Waals surface area contributed by atoms with Gasteiger partial charge in [-0.3, -0.25) is 4.79 Å². The number of aryl methyl sites for hydroxylation is 3. The van der Waals surface area contributed by atoms with Crippen molar-refractivity contribution in [1.82, 2.24) is 14.9 Å². The molecule has 3 aromatic rings. The first-order valence-corrected chi connectivity index (χ1v) is 12.4. The Morgan fingerprint density at radius 2 is 1.88 bits per heavy atom. The molecular weight excluding hydrogens is 418 g/mol. The zero-order valence-corrected chi connectivity index (χ0v) is 20.2. The van der Waals surface area contributed by atoms with Crippen LogP contribution in [0.3, 0.4) is 0 Å². The van der Waals surface area contributed by atoms with E-state index in [0.29, 0.717) is 5.92 Å². The van der Waals surface area contributed by atoms with Gasteiger partial charge in [-0.2, -0.15) is 0 Å². The zero-order valence-electron chi connectivity index (χ0n) is 19.4. The Morgan fingerprint density at radius 1 is 1.12 bits per heavy atom. The van der Waals surface area contributed by atoms with Gasteiger partial charge in [-0.1, -0.05) is 6.92 Å². The third-order valence-electron chi connectivity index (χ3n) is 6.78. The summed E-state index contributed by atoms with van der Waals surface area (Å²) in [6.07, 6.45) is 2.35. The summed E-state index contributed by atoms with van der Waals surface area (Å²) < 4.78 is 0. The van der Waals surface area contributed by atoms with Gasteiger partial charge < -0.3 is 15.1 Å². The van der Waals surface area contributed by atoms with Crippen LogP contribution in [0.4, 0.5) is 11.4 Å². The molecule has 1 saturated carbocycles. The van der Waals surface area contributed by atoms with Gasteiger partial charge in [0.15, 0.2) is 0 Å². The number of hydrogen-bond acceptors (Lipinski definition) is 6. The highest BCUT2D eigenvalue weighted by molar-refractivity contribution is 7.20. The summed E-state index contributed by atoms with van der Waals surface area (Å²) in [5.74, 6) is 1.38. The fourth-order valence-electron chi connectivity index (χ4n) is 4.59. The number of carbonyl (C=O) groups excluding carboxylic acids is 1. The number of likely N-dealkylation sites (N-methyl/N-ethyl adjacent to an activating group) is 1. The highest BCUT2D eigenvalue weighted by atomic mass is 32.1. The Balaban J connectivity index is 1.35. The molecule has 1 aliphatic carbocycles. The molecule has 7 heteroatoms. The molecule has 6 nitrogen and oxygen atoms in total. The fourth-order valence-corrected chi connectivity index (χ4v) is 5.72. The predicted molar refractivity (Wildman–Crippen MR) is 132 cm³/mol. The van der Waals surface area contributed by atoms with E-state index in [-0.39, 0.29) is 5.91 Å². The minimum Gasteiger partial charge on any atom is -0.369 e. The number of nitrogens with one attached hydrogen (secondary N) is 1. The van der Waals surface area contributed by atoms with E-state index < -0.39 is 0 Å². The lowest BCUT2D eigenvalue weighted by Gasteiger charge is -2.35. The van der Waals surface area contributed by atoms with Crippen molar-refractivity contribution in [2.45, 2.75) is 46.5 Å². The van der Waals surface area contributed by atoms with Crippen molar-refractivity contribution in [3.05, 3.63) is 45.7 Å². The van der Waals surface area contributed by atoms with Gasteiger partial charge in [-0.05, 0) is 69.5 Å².